The fraction of sp³-hybridized carbons (Fsp3) is 0.238. The molecule has 0 saturated carbocycles. The van der Waals surface area contributed by atoms with Crippen LogP contribution in [0, 0.1) is 0 Å². The van der Waals surface area contributed by atoms with E-state index in [1.165, 1.54) is 7.11 Å². The number of hydrogen-bond donors (Lipinski definition) is 1. The van der Waals surface area contributed by atoms with Gasteiger partial charge in [-0.2, -0.15) is 0 Å². The molecular weight excluding hydrogens is 398 g/mol. The summed E-state index contributed by atoms with van der Waals surface area (Å²) in [7, 11) is 1.50. The maximum Gasteiger partial charge on any atom is 0.375 e. The molecular formula is C21H20ClNO6. The lowest BCUT2D eigenvalue weighted by molar-refractivity contribution is -0.119. The number of amides is 1. The van der Waals surface area contributed by atoms with Crippen LogP contribution in [0.5, 0.6) is 5.75 Å². The Morgan fingerprint density at radius 1 is 1.17 bits per heavy atom. The summed E-state index contributed by atoms with van der Waals surface area (Å²) in [6.07, 6.45) is 0. The summed E-state index contributed by atoms with van der Waals surface area (Å²) in [5.74, 6) is -0.733. The summed E-state index contributed by atoms with van der Waals surface area (Å²) in [5.41, 5.74) is 1.60. The molecule has 1 heterocycles. The number of furan rings is 1. The maximum atomic E-state index is 12.5. The highest BCUT2D eigenvalue weighted by Gasteiger charge is 2.22. The topological polar surface area (TPSA) is 87.0 Å². The van der Waals surface area contributed by atoms with E-state index < -0.39 is 18.5 Å². The number of carbonyl (C=O) groups is 2. The van der Waals surface area contributed by atoms with Gasteiger partial charge in [0.2, 0.25) is 5.76 Å². The average Bonchev–Trinajstić information content (AvgIpc) is 3.09. The first-order valence-corrected chi connectivity index (χ1v) is 9.30. The second-order valence-corrected chi connectivity index (χ2v) is 6.42. The Morgan fingerprint density at radius 3 is 2.69 bits per heavy atom. The number of methoxy groups -OCH3 is 1. The molecule has 0 saturated heterocycles. The lowest BCUT2D eigenvalue weighted by Gasteiger charge is -2.08. The van der Waals surface area contributed by atoms with Crippen molar-refractivity contribution >= 4 is 40.1 Å². The zero-order valence-corrected chi connectivity index (χ0v) is 16.7. The summed E-state index contributed by atoms with van der Waals surface area (Å²) in [5, 5.41) is 3.73. The minimum absolute atomic E-state index is 0.0277. The van der Waals surface area contributed by atoms with Crippen molar-refractivity contribution < 1.29 is 28.2 Å². The van der Waals surface area contributed by atoms with Gasteiger partial charge in [0, 0.05) is 23.2 Å². The molecule has 0 spiro atoms. The molecule has 29 heavy (non-hydrogen) atoms. The zero-order chi connectivity index (χ0) is 20.8. The van der Waals surface area contributed by atoms with Gasteiger partial charge in [-0.25, -0.2) is 4.79 Å². The van der Waals surface area contributed by atoms with Crippen LogP contribution in [-0.4, -0.2) is 32.2 Å². The number of esters is 1. The highest BCUT2D eigenvalue weighted by Crippen LogP contribution is 2.28. The van der Waals surface area contributed by atoms with Crippen molar-refractivity contribution in [1.29, 1.82) is 0 Å². The van der Waals surface area contributed by atoms with Crippen molar-refractivity contribution in [3.05, 3.63) is 58.8 Å². The van der Waals surface area contributed by atoms with E-state index in [0.717, 1.165) is 5.39 Å². The Bertz CT molecular complexity index is 1030. The van der Waals surface area contributed by atoms with Gasteiger partial charge in [-0.1, -0.05) is 29.8 Å². The predicted molar refractivity (Wildman–Crippen MR) is 108 cm³/mol. The summed E-state index contributed by atoms with van der Waals surface area (Å²) < 4.78 is 21.3. The molecule has 8 heteroatoms. The smallest absolute Gasteiger partial charge is 0.375 e. The van der Waals surface area contributed by atoms with Crippen LogP contribution in [0.4, 0.5) is 5.69 Å². The number of nitrogens with one attached hydrogen (secondary N) is 1. The second kappa shape index (κ2) is 9.45. The number of ether oxygens (including phenoxy) is 3. The van der Waals surface area contributed by atoms with Gasteiger partial charge in [-0.05, 0) is 31.2 Å². The first kappa shape index (κ1) is 20.7. The molecule has 1 amide bonds. The quantitative estimate of drug-likeness (QED) is 0.546. The van der Waals surface area contributed by atoms with Crippen LogP contribution in [0.15, 0.2) is 46.9 Å². The molecule has 2 aromatic carbocycles. The molecule has 0 atom stereocenters. The molecule has 1 aromatic heterocycles. The number of anilines is 1. The van der Waals surface area contributed by atoms with E-state index in [1.807, 2.05) is 19.1 Å². The summed E-state index contributed by atoms with van der Waals surface area (Å²) in [6, 6.07) is 12.0. The number of carbonyl (C=O) groups excluding carboxylic acids is 2. The van der Waals surface area contributed by atoms with Crippen LogP contribution in [0.25, 0.3) is 11.0 Å². The van der Waals surface area contributed by atoms with Gasteiger partial charge in [-0.3, -0.25) is 4.79 Å². The monoisotopic (exact) mass is 417 g/mol. The molecule has 0 aliphatic rings. The molecule has 0 bridgehead atoms. The lowest BCUT2D eigenvalue weighted by Crippen LogP contribution is -2.21. The fourth-order valence-electron chi connectivity index (χ4n) is 2.75. The van der Waals surface area contributed by atoms with Crippen LogP contribution in [0.2, 0.25) is 5.02 Å². The molecule has 1 N–H and O–H groups in total. The van der Waals surface area contributed by atoms with Crippen LogP contribution in [-0.2, 0) is 20.9 Å². The Labute approximate surface area is 172 Å². The van der Waals surface area contributed by atoms with Crippen molar-refractivity contribution in [1.82, 2.24) is 0 Å². The Kier molecular flexibility index (Phi) is 6.74. The third-order valence-electron chi connectivity index (χ3n) is 4.10. The van der Waals surface area contributed by atoms with E-state index in [-0.39, 0.29) is 12.4 Å². The van der Waals surface area contributed by atoms with Gasteiger partial charge < -0.3 is 23.9 Å². The van der Waals surface area contributed by atoms with Gasteiger partial charge >= 0.3 is 5.97 Å². The minimum atomic E-state index is -0.737. The highest BCUT2D eigenvalue weighted by molar-refractivity contribution is 6.32. The predicted octanol–water partition coefficient (Wildman–Crippen LogP) is 4.43. The highest BCUT2D eigenvalue weighted by atomic mass is 35.5. The summed E-state index contributed by atoms with van der Waals surface area (Å²) >= 11 is 6.03. The molecule has 3 aromatic rings. The molecule has 3 rings (SSSR count). The van der Waals surface area contributed by atoms with Gasteiger partial charge in [0.1, 0.15) is 11.3 Å². The number of fused-ring (bicyclic) bond motifs is 1. The molecule has 0 unspecified atom stereocenters. The van der Waals surface area contributed by atoms with Crippen molar-refractivity contribution in [3.8, 4) is 5.75 Å². The Hall–Kier alpha value is -3.03. The number of hydrogen-bond acceptors (Lipinski definition) is 6. The molecule has 0 radical (unpaired) electrons. The van der Waals surface area contributed by atoms with Crippen molar-refractivity contribution in [2.45, 2.75) is 13.5 Å². The number of halogens is 1. The first-order valence-electron chi connectivity index (χ1n) is 8.92. The van der Waals surface area contributed by atoms with Crippen molar-refractivity contribution in [2.75, 3.05) is 25.6 Å². The van der Waals surface area contributed by atoms with E-state index in [1.54, 1.807) is 30.3 Å². The Morgan fingerprint density at radius 2 is 1.97 bits per heavy atom. The molecule has 0 aliphatic heterocycles. The van der Waals surface area contributed by atoms with Gasteiger partial charge in [0.15, 0.2) is 6.61 Å². The maximum absolute atomic E-state index is 12.5. The van der Waals surface area contributed by atoms with Crippen molar-refractivity contribution in [2.24, 2.45) is 0 Å². The van der Waals surface area contributed by atoms with Crippen molar-refractivity contribution in [3.63, 3.8) is 0 Å². The van der Waals surface area contributed by atoms with E-state index in [9.17, 15) is 9.59 Å². The van der Waals surface area contributed by atoms with E-state index >= 15 is 0 Å². The molecule has 0 aliphatic carbocycles. The van der Waals surface area contributed by atoms with Crippen LogP contribution < -0.4 is 10.1 Å². The SMILES string of the molecule is CCOCc1c(C(=O)OCC(=O)Nc2ccc(OC)c(Cl)c2)oc2ccccc12. The minimum Gasteiger partial charge on any atom is -0.495 e. The molecule has 7 nitrogen and oxygen atoms in total. The van der Waals surface area contributed by atoms with Gasteiger partial charge in [0.05, 0.1) is 18.7 Å². The third-order valence-corrected chi connectivity index (χ3v) is 4.40. The summed E-state index contributed by atoms with van der Waals surface area (Å²) in [6.45, 7) is 2.07. The number of benzene rings is 2. The van der Waals surface area contributed by atoms with E-state index in [4.69, 9.17) is 30.2 Å². The van der Waals surface area contributed by atoms with Crippen LogP contribution >= 0.6 is 11.6 Å². The fourth-order valence-corrected chi connectivity index (χ4v) is 3.01. The number of para-hydroxylation sites is 1. The van der Waals surface area contributed by atoms with E-state index in [0.29, 0.717) is 34.2 Å². The molecule has 152 valence electrons. The largest absolute Gasteiger partial charge is 0.495 e. The summed E-state index contributed by atoms with van der Waals surface area (Å²) in [4.78, 5) is 24.6. The molecule has 0 fully saturated rings. The third kappa shape index (κ3) is 4.88. The van der Waals surface area contributed by atoms with Gasteiger partial charge in [-0.15, -0.1) is 0 Å². The Balaban J connectivity index is 1.67. The lowest BCUT2D eigenvalue weighted by atomic mass is 10.1. The normalized spacial score (nSPS) is 10.7. The standard InChI is InChI=1S/C21H20ClNO6/c1-3-27-11-15-14-6-4-5-7-17(14)29-20(15)21(25)28-12-19(24)23-13-8-9-18(26-2)16(22)10-13/h4-10H,3,11-12H2,1-2H3,(H,23,24). The zero-order valence-electron chi connectivity index (χ0n) is 16.0. The van der Waals surface area contributed by atoms with Crippen LogP contribution in [0.3, 0.4) is 0 Å². The van der Waals surface area contributed by atoms with Gasteiger partial charge in [0.25, 0.3) is 5.91 Å². The first-order chi connectivity index (χ1) is 14.0. The average molecular weight is 418 g/mol. The second-order valence-electron chi connectivity index (χ2n) is 6.02. The number of rotatable bonds is 8. The van der Waals surface area contributed by atoms with Crippen LogP contribution in [0.1, 0.15) is 23.0 Å². The van der Waals surface area contributed by atoms with E-state index in [2.05, 4.69) is 5.32 Å².